The summed E-state index contributed by atoms with van der Waals surface area (Å²) in [5, 5.41) is 2.72. The molecule has 2 aliphatic heterocycles. The van der Waals surface area contributed by atoms with Crippen LogP contribution in [0.5, 0.6) is 0 Å². The Balaban J connectivity index is 1.41. The number of hydrogen-bond donors (Lipinski definition) is 2. The Morgan fingerprint density at radius 2 is 1.87 bits per heavy atom. The first-order chi connectivity index (χ1) is 14.8. The third-order valence-electron chi connectivity index (χ3n) is 5.50. The number of nitrogens with one attached hydrogen (secondary N) is 2. The van der Waals surface area contributed by atoms with E-state index in [1.165, 1.54) is 19.2 Å². The molecule has 10 heteroatoms. The average molecular weight is 425 g/mol. The number of nitrogens with zero attached hydrogens (tertiary/aromatic N) is 3. The van der Waals surface area contributed by atoms with E-state index < -0.39 is 5.91 Å². The van der Waals surface area contributed by atoms with Crippen molar-refractivity contribution >= 4 is 29.4 Å². The van der Waals surface area contributed by atoms with Crippen LogP contribution in [0.15, 0.2) is 23.0 Å². The van der Waals surface area contributed by atoms with Crippen molar-refractivity contribution in [1.82, 2.24) is 14.9 Å². The molecule has 2 aromatic rings. The zero-order valence-electron chi connectivity index (χ0n) is 17.4. The highest BCUT2D eigenvalue weighted by molar-refractivity contribution is 6.21. The van der Waals surface area contributed by atoms with Gasteiger partial charge in [-0.1, -0.05) is 0 Å². The number of H-pyrrole nitrogens is 1. The molecule has 2 N–H and O–H groups in total. The van der Waals surface area contributed by atoms with Crippen LogP contribution in [0.25, 0.3) is 0 Å². The van der Waals surface area contributed by atoms with Crippen molar-refractivity contribution in [3.05, 3.63) is 50.9 Å². The van der Waals surface area contributed by atoms with Crippen molar-refractivity contribution in [2.24, 2.45) is 0 Å². The SMILES string of the molecule is Cc1nc(N2CCOCC2)[nH]c(=O)c1CCC(=O)Nc1ccc2c(c1)C(=O)N(C)C2=O. The molecule has 0 unspecified atom stereocenters. The lowest BCUT2D eigenvalue weighted by molar-refractivity contribution is -0.116. The van der Waals surface area contributed by atoms with Crippen LogP contribution >= 0.6 is 0 Å². The second kappa shape index (κ2) is 8.31. The fourth-order valence-corrected chi connectivity index (χ4v) is 3.72. The van der Waals surface area contributed by atoms with Gasteiger partial charge in [0.15, 0.2) is 0 Å². The van der Waals surface area contributed by atoms with Gasteiger partial charge in [-0.2, -0.15) is 0 Å². The topological polar surface area (TPSA) is 125 Å². The summed E-state index contributed by atoms with van der Waals surface area (Å²) in [5.74, 6) is -0.548. The van der Waals surface area contributed by atoms with Crippen LogP contribution in [0, 0.1) is 6.92 Å². The molecule has 0 saturated carbocycles. The van der Waals surface area contributed by atoms with Crippen molar-refractivity contribution < 1.29 is 19.1 Å². The third-order valence-corrected chi connectivity index (χ3v) is 5.50. The smallest absolute Gasteiger partial charge is 0.261 e. The van der Waals surface area contributed by atoms with E-state index in [1.807, 2.05) is 4.90 Å². The predicted octanol–water partition coefficient (Wildman–Crippen LogP) is 0.712. The number of rotatable bonds is 5. The lowest BCUT2D eigenvalue weighted by Crippen LogP contribution is -2.38. The number of ether oxygens (including phenoxy) is 1. The Hall–Kier alpha value is -3.53. The molecule has 4 rings (SSSR count). The summed E-state index contributed by atoms with van der Waals surface area (Å²) in [6, 6.07) is 4.60. The van der Waals surface area contributed by atoms with E-state index >= 15 is 0 Å². The van der Waals surface area contributed by atoms with E-state index in [1.54, 1.807) is 13.0 Å². The average Bonchev–Trinajstić information content (AvgIpc) is 2.97. The molecule has 0 atom stereocenters. The number of carbonyl (C=O) groups is 3. The van der Waals surface area contributed by atoms with Crippen LogP contribution in [-0.4, -0.2) is 65.9 Å². The van der Waals surface area contributed by atoms with E-state index in [0.29, 0.717) is 54.8 Å². The number of anilines is 2. The molecule has 0 aliphatic carbocycles. The van der Waals surface area contributed by atoms with E-state index in [4.69, 9.17) is 4.74 Å². The lowest BCUT2D eigenvalue weighted by Gasteiger charge is -2.27. The fourth-order valence-electron chi connectivity index (χ4n) is 3.72. The lowest BCUT2D eigenvalue weighted by atomic mass is 10.1. The number of amides is 3. The summed E-state index contributed by atoms with van der Waals surface area (Å²) in [6.45, 7) is 4.25. The van der Waals surface area contributed by atoms with Gasteiger partial charge in [0.25, 0.3) is 17.4 Å². The first-order valence-electron chi connectivity index (χ1n) is 10.0. The van der Waals surface area contributed by atoms with Gasteiger partial charge in [-0.15, -0.1) is 0 Å². The first kappa shape index (κ1) is 20.7. The first-order valence-corrected chi connectivity index (χ1v) is 10.0. The molecule has 31 heavy (non-hydrogen) atoms. The standard InChI is InChI=1S/C21H23N5O5/c1-12-14(18(28)24-21(22-12)26-7-9-31-10-8-26)5-6-17(27)23-13-3-4-15-16(11-13)20(30)25(2)19(15)29/h3-4,11H,5-10H2,1-2H3,(H,23,27)(H,22,24,28). The summed E-state index contributed by atoms with van der Waals surface area (Å²) >= 11 is 0. The maximum Gasteiger partial charge on any atom is 0.261 e. The quantitative estimate of drug-likeness (QED) is 0.676. The van der Waals surface area contributed by atoms with Gasteiger partial charge < -0.3 is 15.0 Å². The molecule has 10 nitrogen and oxygen atoms in total. The molecule has 162 valence electrons. The molecule has 3 heterocycles. The minimum Gasteiger partial charge on any atom is -0.378 e. The number of benzene rings is 1. The van der Waals surface area contributed by atoms with Crippen molar-refractivity contribution in [3.63, 3.8) is 0 Å². The molecule has 0 bridgehead atoms. The summed E-state index contributed by atoms with van der Waals surface area (Å²) in [7, 11) is 1.42. The number of aromatic amines is 1. The molecule has 1 fully saturated rings. The predicted molar refractivity (Wildman–Crippen MR) is 112 cm³/mol. The molecule has 1 aromatic carbocycles. The van der Waals surface area contributed by atoms with Crippen molar-refractivity contribution in [1.29, 1.82) is 0 Å². The molecule has 0 radical (unpaired) electrons. The van der Waals surface area contributed by atoms with Crippen LogP contribution < -0.4 is 15.8 Å². The van der Waals surface area contributed by atoms with Gasteiger partial charge in [-0.05, 0) is 31.5 Å². The van der Waals surface area contributed by atoms with Gasteiger partial charge >= 0.3 is 0 Å². The van der Waals surface area contributed by atoms with Crippen LogP contribution in [0.2, 0.25) is 0 Å². The second-order valence-corrected chi connectivity index (χ2v) is 7.53. The minimum absolute atomic E-state index is 0.0758. The van der Waals surface area contributed by atoms with Crippen molar-refractivity contribution in [3.8, 4) is 0 Å². The Bertz CT molecular complexity index is 1120. The number of fused-ring (bicyclic) bond motifs is 1. The highest BCUT2D eigenvalue weighted by Crippen LogP contribution is 2.25. The molecule has 1 aromatic heterocycles. The highest BCUT2D eigenvalue weighted by Gasteiger charge is 2.32. The number of imide groups is 1. The van der Waals surface area contributed by atoms with E-state index in [-0.39, 0.29) is 35.8 Å². The Morgan fingerprint density at radius 1 is 1.16 bits per heavy atom. The number of carbonyl (C=O) groups excluding carboxylic acids is 3. The molecular weight excluding hydrogens is 402 g/mol. The van der Waals surface area contributed by atoms with Crippen molar-refractivity contribution in [2.45, 2.75) is 19.8 Å². The van der Waals surface area contributed by atoms with Crippen LogP contribution in [0.3, 0.4) is 0 Å². The van der Waals surface area contributed by atoms with Gasteiger partial charge in [0.05, 0.1) is 24.3 Å². The van der Waals surface area contributed by atoms with Crippen LogP contribution in [-0.2, 0) is 16.0 Å². The third kappa shape index (κ3) is 4.06. The summed E-state index contributed by atoms with van der Waals surface area (Å²) in [5.41, 5.74) is 1.80. The number of aromatic nitrogens is 2. The number of morpholine rings is 1. The molecule has 3 amide bonds. The fraction of sp³-hybridized carbons (Fsp3) is 0.381. The molecule has 2 aliphatic rings. The Kier molecular flexibility index (Phi) is 5.55. The number of aryl methyl sites for hydroxylation is 1. The molecule has 0 spiro atoms. The van der Waals surface area contributed by atoms with Gasteiger partial charge in [-0.25, -0.2) is 4.98 Å². The minimum atomic E-state index is -0.398. The largest absolute Gasteiger partial charge is 0.378 e. The van der Waals surface area contributed by atoms with Gasteiger partial charge in [-0.3, -0.25) is 29.1 Å². The highest BCUT2D eigenvalue weighted by atomic mass is 16.5. The van der Waals surface area contributed by atoms with Gasteiger partial charge in [0, 0.05) is 43.5 Å². The summed E-state index contributed by atoms with van der Waals surface area (Å²) < 4.78 is 5.32. The zero-order valence-corrected chi connectivity index (χ0v) is 17.4. The second-order valence-electron chi connectivity index (χ2n) is 7.53. The van der Waals surface area contributed by atoms with E-state index in [0.717, 1.165) is 4.90 Å². The van der Waals surface area contributed by atoms with Crippen LogP contribution in [0.1, 0.15) is 38.4 Å². The zero-order chi connectivity index (χ0) is 22.1. The Morgan fingerprint density at radius 3 is 2.58 bits per heavy atom. The maximum atomic E-state index is 12.5. The summed E-state index contributed by atoms with van der Waals surface area (Å²) in [4.78, 5) is 59.3. The summed E-state index contributed by atoms with van der Waals surface area (Å²) in [6.07, 6.45) is 0.306. The van der Waals surface area contributed by atoms with Crippen molar-refractivity contribution in [2.75, 3.05) is 43.6 Å². The van der Waals surface area contributed by atoms with E-state index in [2.05, 4.69) is 15.3 Å². The normalized spacial score (nSPS) is 15.9. The van der Waals surface area contributed by atoms with Gasteiger partial charge in [0.2, 0.25) is 11.9 Å². The number of hydrogen-bond acceptors (Lipinski definition) is 7. The van der Waals surface area contributed by atoms with Crippen LogP contribution in [0.4, 0.5) is 11.6 Å². The van der Waals surface area contributed by atoms with Gasteiger partial charge in [0.1, 0.15) is 0 Å². The Labute approximate surface area is 178 Å². The van der Waals surface area contributed by atoms with E-state index in [9.17, 15) is 19.2 Å². The molecule has 1 saturated heterocycles. The monoisotopic (exact) mass is 425 g/mol. The molecular formula is C21H23N5O5. The maximum absolute atomic E-state index is 12.5.